The van der Waals surface area contributed by atoms with Gasteiger partial charge < -0.3 is 14.6 Å². The van der Waals surface area contributed by atoms with Gasteiger partial charge in [0.15, 0.2) is 0 Å². The van der Waals surface area contributed by atoms with E-state index >= 15 is 0 Å². The quantitative estimate of drug-likeness (QED) is 0.919. The van der Waals surface area contributed by atoms with Crippen molar-refractivity contribution in [1.82, 2.24) is 9.97 Å². The molecule has 1 saturated carbocycles. The minimum Gasteiger partial charge on any atom is -0.481 e. The van der Waals surface area contributed by atoms with Crippen molar-refractivity contribution < 1.29 is 4.74 Å². The molecule has 1 aliphatic heterocycles. The average Bonchev–Trinajstić information content (AvgIpc) is 3.33. The third-order valence-corrected chi connectivity index (χ3v) is 5.22. The van der Waals surface area contributed by atoms with E-state index in [0.29, 0.717) is 28.0 Å². The Morgan fingerprint density at radius 3 is 2.65 bits per heavy atom. The fourth-order valence-corrected chi connectivity index (χ4v) is 3.54. The van der Waals surface area contributed by atoms with Crippen molar-refractivity contribution in [3.8, 4) is 11.9 Å². The zero-order valence-electron chi connectivity index (χ0n) is 13.1. The lowest BCUT2D eigenvalue weighted by Gasteiger charge is -2.34. The van der Waals surface area contributed by atoms with Crippen molar-refractivity contribution in [2.24, 2.45) is 5.41 Å². The van der Waals surface area contributed by atoms with E-state index in [1.807, 2.05) is 0 Å². The third-order valence-electron chi connectivity index (χ3n) is 5.22. The highest BCUT2D eigenvalue weighted by atomic mass is 16.5. The van der Waals surface area contributed by atoms with Gasteiger partial charge in [-0.05, 0) is 37.2 Å². The fourth-order valence-electron chi connectivity index (χ4n) is 3.54. The number of pyridine rings is 2. The van der Waals surface area contributed by atoms with Crippen molar-refractivity contribution in [2.75, 3.05) is 25.1 Å². The first-order valence-electron chi connectivity index (χ1n) is 7.92. The Kier molecular flexibility index (Phi) is 3.05. The molecular formula is C17H18N4O2. The van der Waals surface area contributed by atoms with Gasteiger partial charge in [-0.3, -0.25) is 4.79 Å². The third kappa shape index (κ3) is 2.24. The number of hydrogen-bond donors (Lipinski definition) is 1. The number of nitrogens with one attached hydrogen (secondary N) is 1. The summed E-state index contributed by atoms with van der Waals surface area (Å²) < 4.78 is 5.21. The molecule has 3 heterocycles. The molecule has 0 bridgehead atoms. The van der Waals surface area contributed by atoms with Crippen LogP contribution in [0.4, 0.5) is 5.69 Å². The van der Waals surface area contributed by atoms with Gasteiger partial charge in [0.05, 0.1) is 18.3 Å². The number of rotatable bonds is 2. The van der Waals surface area contributed by atoms with Crippen LogP contribution in [0.2, 0.25) is 0 Å². The summed E-state index contributed by atoms with van der Waals surface area (Å²) in [5, 5.41) is 9.48. The van der Waals surface area contributed by atoms with Crippen LogP contribution in [-0.2, 0) is 0 Å². The highest BCUT2D eigenvalue weighted by molar-refractivity contribution is 5.91. The Morgan fingerprint density at radius 1 is 1.30 bits per heavy atom. The topological polar surface area (TPSA) is 82.0 Å². The summed E-state index contributed by atoms with van der Waals surface area (Å²) in [7, 11) is 1.56. The number of methoxy groups -OCH3 is 1. The van der Waals surface area contributed by atoms with Gasteiger partial charge in [-0.1, -0.05) is 0 Å². The van der Waals surface area contributed by atoms with Gasteiger partial charge in [0, 0.05) is 19.2 Å². The number of anilines is 1. The predicted octanol–water partition coefficient (Wildman–Crippen LogP) is 2.18. The number of piperidine rings is 1. The Balaban J connectivity index is 1.88. The first-order valence-corrected chi connectivity index (χ1v) is 7.92. The van der Waals surface area contributed by atoms with E-state index in [2.05, 4.69) is 20.9 Å². The largest absolute Gasteiger partial charge is 0.481 e. The number of hydrogen-bond acceptors (Lipinski definition) is 5. The standard InChI is InChI=1S/C17H18N4O2/c1-23-13-3-2-12-14(20-13)15(11(10-18)16(22)19-12)21-8-6-17(4-5-17)7-9-21/h2-3H,4-9H2,1H3,(H,19,22). The van der Waals surface area contributed by atoms with Gasteiger partial charge in [-0.2, -0.15) is 5.26 Å². The molecule has 2 aromatic rings. The maximum Gasteiger partial charge on any atom is 0.268 e. The van der Waals surface area contributed by atoms with Crippen LogP contribution in [0.1, 0.15) is 31.2 Å². The minimum absolute atomic E-state index is 0.144. The molecule has 6 nitrogen and oxygen atoms in total. The molecule has 1 N–H and O–H groups in total. The summed E-state index contributed by atoms with van der Waals surface area (Å²) >= 11 is 0. The van der Waals surface area contributed by atoms with E-state index in [4.69, 9.17) is 4.74 Å². The molecule has 4 rings (SSSR count). The molecule has 1 spiro atoms. The molecule has 118 valence electrons. The van der Waals surface area contributed by atoms with Crippen LogP contribution >= 0.6 is 0 Å². The Bertz CT molecular complexity index is 867. The van der Waals surface area contributed by atoms with E-state index in [1.165, 1.54) is 12.8 Å². The summed E-state index contributed by atoms with van der Waals surface area (Å²) in [6.07, 6.45) is 4.87. The fraction of sp³-hybridized carbons (Fsp3) is 0.471. The molecule has 6 heteroatoms. The number of ether oxygens (including phenoxy) is 1. The van der Waals surface area contributed by atoms with Crippen LogP contribution in [0.25, 0.3) is 11.0 Å². The van der Waals surface area contributed by atoms with Crippen LogP contribution in [-0.4, -0.2) is 30.2 Å². The van der Waals surface area contributed by atoms with E-state index < -0.39 is 0 Å². The highest BCUT2D eigenvalue weighted by Crippen LogP contribution is 2.54. The van der Waals surface area contributed by atoms with Crippen molar-refractivity contribution in [2.45, 2.75) is 25.7 Å². The SMILES string of the molecule is COc1ccc2[nH]c(=O)c(C#N)c(N3CCC4(CC3)CC4)c2n1. The summed E-state index contributed by atoms with van der Waals surface area (Å²) in [5.74, 6) is 0.477. The first kappa shape index (κ1) is 14.1. The summed E-state index contributed by atoms with van der Waals surface area (Å²) in [6, 6.07) is 5.55. The molecular weight excluding hydrogens is 292 g/mol. The second-order valence-electron chi connectivity index (χ2n) is 6.53. The van der Waals surface area contributed by atoms with Crippen molar-refractivity contribution >= 4 is 16.7 Å². The number of H-pyrrole nitrogens is 1. The molecule has 0 unspecified atom stereocenters. The molecule has 0 amide bonds. The molecule has 2 fully saturated rings. The monoisotopic (exact) mass is 310 g/mol. The lowest BCUT2D eigenvalue weighted by molar-refractivity contribution is 0.384. The zero-order chi connectivity index (χ0) is 16.0. The smallest absolute Gasteiger partial charge is 0.268 e. The summed E-state index contributed by atoms with van der Waals surface area (Å²) in [6.45, 7) is 1.73. The van der Waals surface area contributed by atoms with Gasteiger partial charge in [0.2, 0.25) is 5.88 Å². The van der Waals surface area contributed by atoms with Gasteiger partial charge >= 0.3 is 0 Å². The van der Waals surface area contributed by atoms with Crippen LogP contribution < -0.4 is 15.2 Å². The lowest BCUT2D eigenvalue weighted by Crippen LogP contribution is -2.36. The zero-order valence-corrected chi connectivity index (χ0v) is 13.1. The van der Waals surface area contributed by atoms with Crippen LogP contribution in [0.3, 0.4) is 0 Å². The predicted molar refractivity (Wildman–Crippen MR) is 86.7 cm³/mol. The van der Waals surface area contributed by atoms with Gasteiger partial charge in [0.25, 0.3) is 5.56 Å². The number of aromatic amines is 1. The maximum atomic E-state index is 12.3. The van der Waals surface area contributed by atoms with Crippen molar-refractivity contribution in [3.05, 3.63) is 28.0 Å². The van der Waals surface area contributed by atoms with E-state index in [1.54, 1.807) is 19.2 Å². The molecule has 2 aliphatic rings. The first-order chi connectivity index (χ1) is 11.2. The number of aromatic nitrogens is 2. The molecule has 1 saturated heterocycles. The summed E-state index contributed by atoms with van der Waals surface area (Å²) in [5.41, 5.74) is 2.24. The maximum absolute atomic E-state index is 12.3. The average molecular weight is 310 g/mol. The highest BCUT2D eigenvalue weighted by Gasteiger charge is 2.44. The molecule has 2 aromatic heterocycles. The molecule has 0 aromatic carbocycles. The van der Waals surface area contributed by atoms with E-state index in [9.17, 15) is 10.1 Å². The second-order valence-corrected chi connectivity index (χ2v) is 6.53. The molecule has 23 heavy (non-hydrogen) atoms. The van der Waals surface area contributed by atoms with E-state index in [-0.39, 0.29) is 11.1 Å². The van der Waals surface area contributed by atoms with E-state index in [0.717, 1.165) is 25.9 Å². The van der Waals surface area contributed by atoms with Crippen LogP contribution in [0.5, 0.6) is 5.88 Å². The van der Waals surface area contributed by atoms with Crippen LogP contribution in [0.15, 0.2) is 16.9 Å². The number of nitrogens with zero attached hydrogens (tertiary/aromatic N) is 3. The molecule has 0 atom stereocenters. The number of fused-ring (bicyclic) bond motifs is 1. The summed E-state index contributed by atoms with van der Waals surface area (Å²) in [4.78, 5) is 21.6. The van der Waals surface area contributed by atoms with Gasteiger partial charge in [-0.25, -0.2) is 4.98 Å². The normalized spacial score (nSPS) is 18.9. The second kappa shape index (κ2) is 4.98. The van der Waals surface area contributed by atoms with Gasteiger partial charge in [0.1, 0.15) is 17.1 Å². The molecule has 1 aliphatic carbocycles. The molecule has 0 radical (unpaired) electrons. The van der Waals surface area contributed by atoms with Crippen LogP contribution in [0, 0.1) is 16.7 Å². The van der Waals surface area contributed by atoms with Crippen molar-refractivity contribution in [1.29, 1.82) is 5.26 Å². The Morgan fingerprint density at radius 2 is 2.04 bits per heavy atom. The van der Waals surface area contributed by atoms with Crippen molar-refractivity contribution in [3.63, 3.8) is 0 Å². The Hall–Kier alpha value is -2.55. The Labute approximate surface area is 133 Å². The van der Waals surface area contributed by atoms with Gasteiger partial charge in [-0.15, -0.1) is 0 Å². The minimum atomic E-state index is -0.353. The lowest BCUT2D eigenvalue weighted by atomic mass is 9.93. The number of nitriles is 1.